The molecule has 0 radical (unpaired) electrons. The minimum atomic E-state index is -0.598. The zero-order valence-electron chi connectivity index (χ0n) is 19.4. The Kier molecular flexibility index (Phi) is 8.47. The van der Waals surface area contributed by atoms with E-state index in [0.717, 1.165) is 47.0 Å². The number of benzene rings is 2. The van der Waals surface area contributed by atoms with Crippen molar-refractivity contribution >= 4 is 27.5 Å². The summed E-state index contributed by atoms with van der Waals surface area (Å²) in [6, 6.07) is 14.9. The maximum absolute atomic E-state index is 12.5. The first-order chi connectivity index (χ1) is 16.5. The van der Waals surface area contributed by atoms with Gasteiger partial charge in [-0.15, -0.1) is 11.3 Å². The van der Waals surface area contributed by atoms with Gasteiger partial charge in [-0.3, -0.25) is 14.6 Å². The Labute approximate surface area is 203 Å². The van der Waals surface area contributed by atoms with E-state index in [4.69, 9.17) is 4.74 Å². The van der Waals surface area contributed by atoms with Crippen molar-refractivity contribution in [2.45, 2.75) is 19.1 Å². The Hall–Kier alpha value is -2.56. The summed E-state index contributed by atoms with van der Waals surface area (Å²) in [5.41, 5.74) is 1.81. The standard InChI is InChI=1S/C25H32N4O4S/c1-18-26-22-13-21(7-8-24(22)34-18)33-17-20(31)14-28-9-11-29(12-10-28)15-25(32)27-23(16-30)19-5-3-2-4-6-19/h2-8,13,20,23,30-31H,9-12,14-17H2,1H3,(H,27,32)/t20-,23+/m1/s1. The number of fused-ring (bicyclic) bond motifs is 1. The molecule has 0 saturated carbocycles. The van der Waals surface area contributed by atoms with Crippen LogP contribution in [0, 0.1) is 6.92 Å². The molecular formula is C25H32N4O4S. The molecule has 1 aliphatic rings. The molecule has 9 heteroatoms. The van der Waals surface area contributed by atoms with Gasteiger partial charge in [0.2, 0.25) is 5.91 Å². The third kappa shape index (κ3) is 6.74. The Morgan fingerprint density at radius 3 is 2.62 bits per heavy atom. The van der Waals surface area contributed by atoms with Crippen LogP contribution in [0.2, 0.25) is 0 Å². The molecule has 1 aromatic heterocycles. The SMILES string of the molecule is Cc1nc2cc(OC[C@H](O)CN3CCN(CC(=O)N[C@@H](CO)c4ccccc4)CC3)ccc2s1. The summed E-state index contributed by atoms with van der Waals surface area (Å²) in [6.45, 7) is 5.93. The van der Waals surface area contributed by atoms with Crippen LogP contribution in [0.15, 0.2) is 48.5 Å². The Morgan fingerprint density at radius 2 is 1.88 bits per heavy atom. The molecule has 2 aromatic carbocycles. The van der Waals surface area contributed by atoms with E-state index in [1.165, 1.54) is 0 Å². The average molecular weight is 485 g/mol. The molecule has 0 aliphatic carbocycles. The van der Waals surface area contributed by atoms with Gasteiger partial charge in [0, 0.05) is 38.8 Å². The second-order valence-electron chi connectivity index (χ2n) is 8.62. The van der Waals surface area contributed by atoms with Crippen molar-refractivity contribution in [1.29, 1.82) is 0 Å². The van der Waals surface area contributed by atoms with Gasteiger partial charge in [0.1, 0.15) is 18.5 Å². The van der Waals surface area contributed by atoms with Gasteiger partial charge in [0.05, 0.1) is 34.4 Å². The van der Waals surface area contributed by atoms with Crippen LogP contribution in [-0.2, 0) is 4.79 Å². The number of thiazole rings is 1. The van der Waals surface area contributed by atoms with Gasteiger partial charge < -0.3 is 20.3 Å². The first-order valence-corrected chi connectivity index (χ1v) is 12.4. The van der Waals surface area contributed by atoms with E-state index in [0.29, 0.717) is 18.8 Å². The molecule has 2 heterocycles. The number of aryl methyl sites for hydroxylation is 1. The Bertz CT molecular complexity index is 1070. The molecule has 2 atom stereocenters. The van der Waals surface area contributed by atoms with Crippen LogP contribution in [0.5, 0.6) is 5.75 Å². The highest BCUT2D eigenvalue weighted by atomic mass is 32.1. The third-order valence-corrected chi connectivity index (χ3v) is 6.88. The highest BCUT2D eigenvalue weighted by molar-refractivity contribution is 7.18. The number of carbonyl (C=O) groups is 1. The van der Waals surface area contributed by atoms with Gasteiger partial charge in [-0.2, -0.15) is 0 Å². The first kappa shape index (κ1) is 24.6. The van der Waals surface area contributed by atoms with Crippen molar-refractivity contribution in [3.05, 3.63) is 59.1 Å². The van der Waals surface area contributed by atoms with Gasteiger partial charge in [-0.1, -0.05) is 30.3 Å². The Morgan fingerprint density at radius 1 is 1.15 bits per heavy atom. The van der Waals surface area contributed by atoms with E-state index in [2.05, 4.69) is 20.1 Å². The van der Waals surface area contributed by atoms with Crippen molar-refractivity contribution in [2.24, 2.45) is 0 Å². The second kappa shape index (κ2) is 11.7. The highest BCUT2D eigenvalue weighted by Crippen LogP contribution is 2.25. The molecule has 182 valence electrons. The van der Waals surface area contributed by atoms with Crippen molar-refractivity contribution in [1.82, 2.24) is 20.1 Å². The van der Waals surface area contributed by atoms with Crippen molar-refractivity contribution in [3.8, 4) is 5.75 Å². The van der Waals surface area contributed by atoms with Crippen LogP contribution in [0.1, 0.15) is 16.6 Å². The summed E-state index contributed by atoms with van der Waals surface area (Å²) in [5, 5.41) is 24.0. The molecule has 1 aliphatic heterocycles. The monoisotopic (exact) mass is 484 g/mol. The minimum Gasteiger partial charge on any atom is -0.491 e. The topological polar surface area (TPSA) is 98.2 Å². The number of hydrogen-bond donors (Lipinski definition) is 3. The number of ether oxygens (including phenoxy) is 1. The number of hydrogen-bond acceptors (Lipinski definition) is 8. The molecular weight excluding hydrogens is 452 g/mol. The number of β-amino-alcohol motifs (C(OH)–C–C–N with tert-alkyl or cyclic N) is 1. The predicted molar refractivity (Wildman–Crippen MR) is 133 cm³/mol. The smallest absolute Gasteiger partial charge is 0.234 e. The molecule has 8 nitrogen and oxygen atoms in total. The molecule has 3 aromatic rings. The summed E-state index contributed by atoms with van der Waals surface area (Å²) < 4.78 is 6.92. The zero-order chi connectivity index (χ0) is 23.9. The quantitative estimate of drug-likeness (QED) is 0.404. The fourth-order valence-electron chi connectivity index (χ4n) is 4.15. The lowest BCUT2D eigenvalue weighted by Crippen LogP contribution is -2.51. The molecule has 1 amide bonds. The average Bonchev–Trinajstić information content (AvgIpc) is 3.22. The normalized spacial score (nSPS) is 16.9. The van der Waals surface area contributed by atoms with E-state index < -0.39 is 12.1 Å². The molecule has 4 rings (SSSR count). The Balaban J connectivity index is 1.16. The number of aliphatic hydroxyl groups is 2. The molecule has 3 N–H and O–H groups in total. The lowest BCUT2D eigenvalue weighted by Gasteiger charge is -2.35. The van der Waals surface area contributed by atoms with E-state index in [9.17, 15) is 15.0 Å². The zero-order valence-corrected chi connectivity index (χ0v) is 20.2. The number of nitrogens with zero attached hydrogens (tertiary/aromatic N) is 3. The van der Waals surface area contributed by atoms with Crippen LogP contribution in [0.3, 0.4) is 0 Å². The largest absolute Gasteiger partial charge is 0.491 e. The van der Waals surface area contributed by atoms with Gasteiger partial charge in [-0.05, 0) is 24.6 Å². The summed E-state index contributed by atoms with van der Waals surface area (Å²) >= 11 is 1.65. The lowest BCUT2D eigenvalue weighted by molar-refractivity contribution is -0.123. The van der Waals surface area contributed by atoms with Crippen LogP contribution >= 0.6 is 11.3 Å². The van der Waals surface area contributed by atoms with Crippen molar-refractivity contribution < 1.29 is 19.7 Å². The lowest BCUT2D eigenvalue weighted by atomic mass is 10.1. The summed E-state index contributed by atoms with van der Waals surface area (Å²) in [4.78, 5) is 21.2. The summed E-state index contributed by atoms with van der Waals surface area (Å²) in [5.74, 6) is 0.612. The molecule has 0 spiro atoms. The fourth-order valence-corrected chi connectivity index (χ4v) is 4.96. The van der Waals surface area contributed by atoms with E-state index in [1.807, 2.05) is 55.5 Å². The molecule has 1 fully saturated rings. The third-order valence-electron chi connectivity index (χ3n) is 5.93. The van der Waals surface area contributed by atoms with Crippen LogP contribution < -0.4 is 10.1 Å². The fraction of sp³-hybridized carbons (Fsp3) is 0.440. The van der Waals surface area contributed by atoms with Gasteiger partial charge in [0.25, 0.3) is 0 Å². The maximum atomic E-state index is 12.5. The number of nitrogens with one attached hydrogen (secondary N) is 1. The number of piperazine rings is 1. The van der Waals surface area contributed by atoms with E-state index in [-0.39, 0.29) is 19.1 Å². The van der Waals surface area contributed by atoms with Gasteiger partial charge in [-0.25, -0.2) is 4.98 Å². The molecule has 0 bridgehead atoms. The number of amides is 1. The first-order valence-electron chi connectivity index (χ1n) is 11.6. The van der Waals surface area contributed by atoms with E-state index >= 15 is 0 Å². The van der Waals surface area contributed by atoms with Gasteiger partial charge in [0.15, 0.2) is 0 Å². The van der Waals surface area contributed by atoms with E-state index in [1.54, 1.807) is 11.3 Å². The number of carbonyl (C=O) groups excluding carboxylic acids is 1. The summed E-state index contributed by atoms with van der Waals surface area (Å²) in [6.07, 6.45) is -0.598. The van der Waals surface area contributed by atoms with Crippen LogP contribution in [0.25, 0.3) is 10.2 Å². The summed E-state index contributed by atoms with van der Waals surface area (Å²) in [7, 11) is 0. The number of aliphatic hydroxyl groups excluding tert-OH is 2. The molecule has 34 heavy (non-hydrogen) atoms. The maximum Gasteiger partial charge on any atom is 0.234 e. The molecule has 0 unspecified atom stereocenters. The van der Waals surface area contributed by atoms with Crippen LogP contribution in [0.4, 0.5) is 0 Å². The predicted octanol–water partition coefficient (Wildman–Crippen LogP) is 1.81. The van der Waals surface area contributed by atoms with Crippen molar-refractivity contribution in [3.63, 3.8) is 0 Å². The van der Waals surface area contributed by atoms with Gasteiger partial charge >= 0.3 is 0 Å². The van der Waals surface area contributed by atoms with Crippen LogP contribution in [-0.4, -0.2) is 89.5 Å². The van der Waals surface area contributed by atoms with Crippen molar-refractivity contribution in [2.75, 3.05) is 52.5 Å². The minimum absolute atomic E-state index is 0.0999. The highest BCUT2D eigenvalue weighted by Gasteiger charge is 2.22. The molecule has 1 saturated heterocycles. The second-order valence-corrected chi connectivity index (χ2v) is 9.85. The number of aromatic nitrogens is 1. The number of rotatable bonds is 10.